The van der Waals surface area contributed by atoms with Crippen molar-refractivity contribution in [2.24, 2.45) is 0 Å². The fourth-order valence-electron chi connectivity index (χ4n) is 1.47. The number of carbonyl (C=O) groups excluding carboxylic acids is 1. The van der Waals surface area contributed by atoms with Gasteiger partial charge in [0.1, 0.15) is 6.61 Å². The fraction of sp³-hybridized carbons (Fsp3) is 0.300. The average Bonchev–Trinajstić information content (AvgIpc) is 2.64. The van der Waals surface area contributed by atoms with Crippen molar-refractivity contribution in [1.29, 1.82) is 0 Å². The molecule has 0 aliphatic carbocycles. The summed E-state index contributed by atoms with van der Waals surface area (Å²) in [6.07, 6.45) is -0.402. The molecule has 0 unspecified atom stereocenters. The first-order valence-electron chi connectivity index (χ1n) is 4.49. The smallest absolute Gasteiger partial charge is 0.407 e. The summed E-state index contributed by atoms with van der Waals surface area (Å²) < 4.78 is 5.76. The van der Waals surface area contributed by atoms with Crippen LogP contribution in [0.5, 0.6) is 0 Å². The number of alkyl carbamates (subject to hydrolysis) is 1. The molecule has 1 aliphatic rings. The molecule has 0 aromatic heterocycles. The van der Waals surface area contributed by atoms with Crippen LogP contribution in [0, 0.1) is 0 Å². The summed E-state index contributed by atoms with van der Waals surface area (Å²) in [4.78, 5) is 10.9. The number of rotatable bonds is 2. The Balaban J connectivity index is 2.13. The minimum Gasteiger partial charge on any atom is -0.447 e. The number of halogens is 2. The number of hydrogen-bond acceptors (Lipinski definition) is 2. The number of carbonyl (C=O) groups is 1. The second-order valence-electron chi connectivity index (χ2n) is 3.31. The summed E-state index contributed by atoms with van der Waals surface area (Å²) in [5.41, 5.74) is 0.960. The molecule has 2 rings (SSSR count). The van der Waals surface area contributed by atoms with E-state index in [1.54, 1.807) is 0 Å². The molecule has 3 nitrogen and oxygen atoms in total. The first-order chi connectivity index (χ1) is 7.16. The number of ether oxygens (including phenoxy) is 1. The van der Waals surface area contributed by atoms with Gasteiger partial charge >= 0.3 is 6.09 Å². The van der Waals surface area contributed by atoms with E-state index in [0.717, 1.165) is 10.0 Å². The SMILES string of the molecule is O=C1N[C@@H]([C@@H](Cl)c2cccc(Br)c2)CO1. The van der Waals surface area contributed by atoms with E-state index in [-0.39, 0.29) is 11.4 Å². The Kier molecular flexibility index (Phi) is 3.17. The molecule has 0 saturated carbocycles. The van der Waals surface area contributed by atoms with E-state index in [4.69, 9.17) is 16.3 Å². The van der Waals surface area contributed by atoms with Gasteiger partial charge in [0, 0.05) is 4.47 Å². The van der Waals surface area contributed by atoms with Gasteiger partial charge < -0.3 is 10.1 Å². The fourth-order valence-corrected chi connectivity index (χ4v) is 2.16. The van der Waals surface area contributed by atoms with Crippen LogP contribution in [0.1, 0.15) is 10.9 Å². The molecule has 5 heteroatoms. The highest BCUT2D eigenvalue weighted by atomic mass is 79.9. The highest BCUT2D eigenvalue weighted by Gasteiger charge is 2.29. The predicted molar refractivity (Wildman–Crippen MR) is 61.0 cm³/mol. The highest BCUT2D eigenvalue weighted by Crippen LogP contribution is 2.28. The Morgan fingerprint density at radius 1 is 1.60 bits per heavy atom. The number of nitrogens with one attached hydrogen (secondary N) is 1. The molecule has 1 fully saturated rings. The van der Waals surface area contributed by atoms with Crippen LogP contribution in [0.3, 0.4) is 0 Å². The highest BCUT2D eigenvalue weighted by molar-refractivity contribution is 9.10. The maximum atomic E-state index is 10.9. The molecule has 1 saturated heterocycles. The van der Waals surface area contributed by atoms with Crippen LogP contribution in [0.15, 0.2) is 28.7 Å². The van der Waals surface area contributed by atoms with Crippen LogP contribution in [-0.4, -0.2) is 18.7 Å². The van der Waals surface area contributed by atoms with E-state index in [1.807, 2.05) is 24.3 Å². The third kappa shape index (κ3) is 2.44. The van der Waals surface area contributed by atoms with Gasteiger partial charge in [0.05, 0.1) is 11.4 Å². The van der Waals surface area contributed by atoms with Crippen LogP contribution in [-0.2, 0) is 4.74 Å². The second kappa shape index (κ2) is 4.41. The predicted octanol–water partition coefficient (Wildman–Crippen LogP) is 2.84. The number of amides is 1. The van der Waals surface area contributed by atoms with Gasteiger partial charge in [0.25, 0.3) is 0 Å². The molecule has 15 heavy (non-hydrogen) atoms. The topological polar surface area (TPSA) is 38.3 Å². The summed E-state index contributed by atoms with van der Waals surface area (Å²) >= 11 is 9.61. The van der Waals surface area contributed by atoms with E-state index in [0.29, 0.717) is 6.61 Å². The molecular weight excluding hydrogens is 281 g/mol. The van der Waals surface area contributed by atoms with Gasteiger partial charge in [0.15, 0.2) is 0 Å². The Morgan fingerprint density at radius 3 is 3.00 bits per heavy atom. The molecule has 1 N–H and O–H groups in total. The summed E-state index contributed by atoms with van der Waals surface area (Å²) in [7, 11) is 0. The normalized spacial score (nSPS) is 22.0. The monoisotopic (exact) mass is 289 g/mol. The summed E-state index contributed by atoms with van der Waals surface area (Å²) in [6, 6.07) is 7.53. The van der Waals surface area contributed by atoms with Crippen LogP contribution in [0.25, 0.3) is 0 Å². The zero-order chi connectivity index (χ0) is 10.8. The van der Waals surface area contributed by atoms with Gasteiger partial charge in [-0.25, -0.2) is 4.79 Å². The number of alkyl halides is 1. The number of benzene rings is 1. The third-order valence-corrected chi connectivity index (χ3v) is 3.27. The van der Waals surface area contributed by atoms with E-state index in [2.05, 4.69) is 21.2 Å². The molecule has 1 amide bonds. The largest absolute Gasteiger partial charge is 0.447 e. The van der Waals surface area contributed by atoms with E-state index >= 15 is 0 Å². The van der Waals surface area contributed by atoms with Gasteiger partial charge in [-0.3, -0.25) is 0 Å². The minimum absolute atomic E-state index is 0.159. The Bertz CT molecular complexity index is 385. The van der Waals surface area contributed by atoms with E-state index < -0.39 is 6.09 Å². The lowest BCUT2D eigenvalue weighted by Crippen LogP contribution is -2.30. The first-order valence-corrected chi connectivity index (χ1v) is 5.72. The molecule has 80 valence electrons. The van der Waals surface area contributed by atoms with Gasteiger partial charge in [-0.1, -0.05) is 28.1 Å². The van der Waals surface area contributed by atoms with Crippen molar-refractivity contribution in [1.82, 2.24) is 5.32 Å². The molecule has 0 radical (unpaired) electrons. The van der Waals surface area contributed by atoms with Crippen LogP contribution in [0.2, 0.25) is 0 Å². The number of hydrogen-bond donors (Lipinski definition) is 1. The van der Waals surface area contributed by atoms with Crippen molar-refractivity contribution >= 4 is 33.6 Å². The Labute approximate surface area is 101 Å². The molecule has 1 aliphatic heterocycles. The zero-order valence-electron chi connectivity index (χ0n) is 7.74. The maximum absolute atomic E-state index is 10.9. The van der Waals surface area contributed by atoms with Crippen LogP contribution >= 0.6 is 27.5 Å². The van der Waals surface area contributed by atoms with Crippen molar-refractivity contribution in [3.8, 4) is 0 Å². The minimum atomic E-state index is -0.402. The Morgan fingerprint density at radius 2 is 2.40 bits per heavy atom. The van der Waals surface area contributed by atoms with Crippen molar-refractivity contribution in [3.63, 3.8) is 0 Å². The second-order valence-corrected chi connectivity index (χ2v) is 4.69. The average molecular weight is 291 g/mol. The molecule has 2 atom stereocenters. The Hall–Kier alpha value is -0.740. The van der Waals surface area contributed by atoms with E-state index in [9.17, 15) is 4.79 Å². The van der Waals surface area contributed by atoms with Crippen molar-refractivity contribution in [2.45, 2.75) is 11.4 Å². The molecule has 0 bridgehead atoms. The zero-order valence-corrected chi connectivity index (χ0v) is 10.1. The van der Waals surface area contributed by atoms with Gasteiger partial charge in [-0.15, -0.1) is 11.6 Å². The lowest BCUT2D eigenvalue weighted by Gasteiger charge is -2.15. The lowest BCUT2D eigenvalue weighted by molar-refractivity contribution is 0.176. The molecule has 1 aromatic rings. The maximum Gasteiger partial charge on any atom is 0.407 e. The third-order valence-electron chi connectivity index (χ3n) is 2.22. The van der Waals surface area contributed by atoms with Crippen molar-refractivity contribution in [3.05, 3.63) is 34.3 Å². The quantitative estimate of drug-likeness (QED) is 0.851. The molecular formula is C10H9BrClNO2. The summed E-state index contributed by atoms with van der Waals surface area (Å²) in [5.74, 6) is 0. The van der Waals surface area contributed by atoms with Crippen molar-refractivity contribution in [2.75, 3.05) is 6.61 Å². The standard InChI is InChI=1S/C10H9BrClNO2/c11-7-3-1-2-6(4-7)9(12)8-5-15-10(14)13-8/h1-4,8-9H,5H2,(H,13,14)/t8-,9+/m1/s1. The molecule has 1 aromatic carbocycles. The lowest BCUT2D eigenvalue weighted by atomic mass is 10.1. The van der Waals surface area contributed by atoms with Gasteiger partial charge in [0.2, 0.25) is 0 Å². The van der Waals surface area contributed by atoms with Crippen LogP contribution < -0.4 is 5.32 Å². The molecule has 1 heterocycles. The summed E-state index contributed by atoms with van der Waals surface area (Å²) in [6.45, 7) is 0.319. The first kappa shape index (κ1) is 10.8. The van der Waals surface area contributed by atoms with Crippen molar-refractivity contribution < 1.29 is 9.53 Å². The van der Waals surface area contributed by atoms with Gasteiger partial charge in [-0.2, -0.15) is 0 Å². The number of cyclic esters (lactones) is 1. The van der Waals surface area contributed by atoms with Crippen LogP contribution in [0.4, 0.5) is 4.79 Å². The van der Waals surface area contributed by atoms with E-state index in [1.165, 1.54) is 0 Å². The van der Waals surface area contributed by atoms with Gasteiger partial charge in [-0.05, 0) is 17.7 Å². The molecule has 0 spiro atoms. The summed E-state index contributed by atoms with van der Waals surface area (Å²) in [5, 5.41) is 2.39.